The number of morpholine rings is 1. The number of rotatable bonds is 3. The zero-order valence-corrected chi connectivity index (χ0v) is 12.1. The van der Waals surface area contributed by atoms with E-state index >= 15 is 0 Å². The van der Waals surface area contributed by atoms with Crippen LogP contribution < -0.4 is 4.74 Å². The summed E-state index contributed by atoms with van der Waals surface area (Å²) in [7, 11) is 1.56. The fourth-order valence-corrected chi connectivity index (χ4v) is 2.80. The highest BCUT2D eigenvalue weighted by Crippen LogP contribution is 2.28. The van der Waals surface area contributed by atoms with Crippen LogP contribution in [0.5, 0.6) is 11.5 Å². The number of aromatic hydroxyl groups is 1. The van der Waals surface area contributed by atoms with Gasteiger partial charge in [0.25, 0.3) is 0 Å². The molecule has 1 heterocycles. The summed E-state index contributed by atoms with van der Waals surface area (Å²) in [6, 6.07) is 5.57. The molecule has 0 amide bonds. The van der Waals surface area contributed by atoms with Crippen LogP contribution in [-0.2, 0) is 11.3 Å². The van der Waals surface area contributed by atoms with Crippen LogP contribution in [0.1, 0.15) is 26.3 Å². The first kappa shape index (κ1) is 14.2. The maximum atomic E-state index is 9.81. The summed E-state index contributed by atoms with van der Waals surface area (Å²) in [5.74, 6) is 0.708. The number of phenols is 1. The Morgan fingerprint density at radius 3 is 2.79 bits per heavy atom. The van der Waals surface area contributed by atoms with Crippen molar-refractivity contribution in [2.24, 2.45) is 0 Å². The van der Waals surface area contributed by atoms with Crippen LogP contribution in [0.2, 0.25) is 0 Å². The Labute approximate surface area is 114 Å². The smallest absolute Gasteiger partial charge is 0.160 e. The molecule has 4 nitrogen and oxygen atoms in total. The average Bonchev–Trinajstić information content (AvgIpc) is 2.26. The maximum absolute atomic E-state index is 9.81. The number of nitrogens with zero attached hydrogens (tertiary/aromatic N) is 1. The van der Waals surface area contributed by atoms with Gasteiger partial charge in [-0.15, -0.1) is 0 Å². The van der Waals surface area contributed by atoms with Gasteiger partial charge in [0.15, 0.2) is 11.5 Å². The van der Waals surface area contributed by atoms with Crippen LogP contribution in [0.4, 0.5) is 0 Å². The van der Waals surface area contributed by atoms with Crippen LogP contribution in [0, 0.1) is 0 Å². The highest BCUT2D eigenvalue weighted by Gasteiger charge is 2.31. The number of phenolic OH excluding ortho intramolecular Hbond substituents is 1. The van der Waals surface area contributed by atoms with E-state index in [0.717, 1.165) is 25.2 Å². The quantitative estimate of drug-likeness (QED) is 0.911. The van der Waals surface area contributed by atoms with E-state index in [9.17, 15) is 5.11 Å². The largest absolute Gasteiger partial charge is 0.504 e. The monoisotopic (exact) mass is 265 g/mol. The molecular weight excluding hydrogens is 242 g/mol. The summed E-state index contributed by atoms with van der Waals surface area (Å²) in [6.45, 7) is 8.94. The van der Waals surface area contributed by atoms with Crippen LogP contribution >= 0.6 is 0 Å². The van der Waals surface area contributed by atoms with Crippen LogP contribution in [0.3, 0.4) is 0 Å². The van der Waals surface area contributed by atoms with E-state index in [1.54, 1.807) is 19.2 Å². The van der Waals surface area contributed by atoms with Gasteiger partial charge in [-0.25, -0.2) is 0 Å². The van der Waals surface area contributed by atoms with Crippen LogP contribution in [0.15, 0.2) is 18.2 Å². The molecule has 0 saturated carbocycles. The summed E-state index contributed by atoms with van der Waals surface area (Å²) >= 11 is 0. The molecule has 1 unspecified atom stereocenters. The Balaban J connectivity index is 2.06. The van der Waals surface area contributed by atoms with Gasteiger partial charge >= 0.3 is 0 Å². The standard InChI is InChI=1S/C15H23NO3/c1-11-8-16(10-15(2,3)19-11)9-12-5-6-14(18-4)13(17)7-12/h5-7,11,17H,8-10H2,1-4H3. The number of ether oxygens (including phenoxy) is 2. The average molecular weight is 265 g/mol. The minimum atomic E-state index is -0.119. The minimum absolute atomic E-state index is 0.119. The van der Waals surface area contributed by atoms with Crippen molar-refractivity contribution < 1.29 is 14.6 Å². The van der Waals surface area contributed by atoms with E-state index in [2.05, 4.69) is 25.7 Å². The van der Waals surface area contributed by atoms with Crippen LogP contribution in [-0.4, -0.2) is 41.9 Å². The molecule has 1 fully saturated rings. The van der Waals surface area contributed by atoms with Crippen molar-refractivity contribution in [3.8, 4) is 11.5 Å². The van der Waals surface area contributed by atoms with Crippen molar-refractivity contribution in [3.63, 3.8) is 0 Å². The second-order valence-corrected chi connectivity index (χ2v) is 5.86. The van der Waals surface area contributed by atoms with Crippen molar-refractivity contribution in [3.05, 3.63) is 23.8 Å². The Morgan fingerprint density at radius 2 is 2.21 bits per heavy atom. The molecule has 0 radical (unpaired) electrons. The summed E-state index contributed by atoms with van der Waals surface area (Å²) in [4.78, 5) is 2.36. The fraction of sp³-hybridized carbons (Fsp3) is 0.600. The van der Waals surface area contributed by atoms with Crippen molar-refractivity contribution in [1.82, 2.24) is 4.90 Å². The van der Waals surface area contributed by atoms with E-state index in [1.807, 2.05) is 6.07 Å². The van der Waals surface area contributed by atoms with Crippen molar-refractivity contribution in [2.45, 2.75) is 39.0 Å². The van der Waals surface area contributed by atoms with Gasteiger partial charge in [0.05, 0.1) is 18.8 Å². The third kappa shape index (κ3) is 3.61. The highest BCUT2D eigenvalue weighted by molar-refractivity contribution is 5.41. The van der Waals surface area contributed by atoms with E-state index in [0.29, 0.717) is 5.75 Å². The summed E-state index contributed by atoms with van der Waals surface area (Å²) in [5, 5.41) is 9.81. The molecule has 2 rings (SSSR count). The number of benzene rings is 1. The zero-order valence-electron chi connectivity index (χ0n) is 12.1. The molecule has 0 spiro atoms. The molecule has 106 valence electrons. The third-order valence-corrected chi connectivity index (χ3v) is 3.29. The topological polar surface area (TPSA) is 41.9 Å². The molecule has 1 N–H and O–H groups in total. The molecule has 1 saturated heterocycles. The number of hydrogen-bond acceptors (Lipinski definition) is 4. The molecular formula is C15H23NO3. The third-order valence-electron chi connectivity index (χ3n) is 3.29. The lowest BCUT2D eigenvalue weighted by Crippen LogP contribution is -2.51. The lowest BCUT2D eigenvalue weighted by molar-refractivity contribution is -0.130. The Bertz CT molecular complexity index is 445. The molecule has 0 aliphatic carbocycles. The molecule has 0 aromatic heterocycles. The predicted octanol–water partition coefficient (Wildman–Crippen LogP) is 2.40. The lowest BCUT2D eigenvalue weighted by atomic mass is 10.0. The maximum Gasteiger partial charge on any atom is 0.160 e. The molecule has 4 heteroatoms. The Kier molecular flexibility index (Phi) is 4.02. The lowest BCUT2D eigenvalue weighted by Gasteiger charge is -2.41. The first-order valence-corrected chi connectivity index (χ1v) is 6.66. The van der Waals surface area contributed by atoms with Crippen molar-refractivity contribution in [1.29, 1.82) is 0 Å². The molecule has 19 heavy (non-hydrogen) atoms. The zero-order chi connectivity index (χ0) is 14.0. The molecule has 1 aliphatic rings. The summed E-state index contributed by atoms with van der Waals surface area (Å²) in [5.41, 5.74) is 0.967. The summed E-state index contributed by atoms with van der Waals surface area (Å²) < 4.78 is 10.9. The Morgan fingerprint density at radius 1 is 1.47 bits per heavy atom. The van der Waals surface area contributed by atoms with Gasteiger partial charge in [0, 0.05) is 19.6 Å². The highest BCUT2D eigenvalue weighted by atomic mass is 16.5. The van der Waals surface area contributed by atoms with Gasteiger partial charge in [-0.05, 0) is 38.5 Å². The SMILES string of the molecule is COc1ccc(CN2CC(C)OC(C)(C)C2)cc1O. The van der Waals surface area contributed by atoms with Gasteiger partial charge < -0.3 is 14.6 Å². The van der Waals surface area contributed by atoms with Crippen molar-refractivity contribution in [2.75, 3.05) is 20.2 Å². The number of methoxy groups -OCH3 is 1. The van der Waals surface area contributed by atoms with Gasteiger partial charge in [0.1, 0.15) is 0 Å². The van der Waals surface area contributed by atoms with E-state index in [-0.39, 0.29) is 17.5 Å². The van der Waals surface area contributed by atoms with Gasteiger partial charge in [-0.1, -0.05) is 6.07 Å². The second kappa shape index (κ2) is 5.39. The summed E-state index contributed by atoms with van der Waals surface area (Å²) in [6.07, 6.45) is 0.232. The second-order valence-electron chi connectivity index (χ2n) is 5.86. The predicted molar refractivity (Wildman–Crippen MR) is 74.6 cm³/mol. The number of hydrogen-bond donors (Lipinski definition) is 1. The molecule has 1 atom stereocenters. The van der Waals surface area contributed by atoms with Crippen LogP contribution in [0.25, 0.3) is 0 Å². The van der Waals surface area contributed by atoms with E-state index in [4.69, 9.17) is 9.47 Å². The van der Waals surface area contributed by atoms with E-state index in [1.165, 1.54) is 0 Å². The molecule has 1 aromatic rings. The Hall–Kier alpha value is -1.26. The van der Waals surface area contributed by atoms with Gasteiger partial charge in [0.2, 0.25) is 0 Å². The first-order chi connectivity index (χ1) is 8.89. The first-order valence-electron chi connectivity index (χ1n) is 6.66. The van der Waals surface area contributed by atoms with E-state index < -0.39 is 0 Å². The normalized spacial score (nSPS) is 23.3. The molecule has 1 aromatic carbocycles. The fourth-order valence-electron chi connectivity index (χ4n) is 2.80. The van der Waals surface area contributed by atoms with Gasteiger partial charge in [-0.2, -0.15) is 0 Å². The minimum Gasteiger partial charge on any atom is -0.504 e. The molecule has 1 aliphatic heterocycles. The van der Waals surface area contributed by atoms with Crippen molar-refractivity contribution >= 4 is 0 Å². The van der Waals surface area contributed by atoms with Gasteiger partial charge in [-0.3, -0.25) is 4.90 Å². The molecule has 0 bridgehead atoms.